The van der Waals surface area contributed by atoms with Gasteiger partial charge in [-0.05, 0) is 37.6 Å². The van der Waals surface area contributed by atoms with Crippen molar-refractivity contribution in [3.8, 4) is 0 Å². The predicted octanol–water partition coefficient (Wildman–Crippen LogP) is 3.95. The van der Waals surface area contributed by atoms with Crippen LogP contribution in [0.1, 0.15) is 34.6 Å². The van der Waals surface area contributed by atoms with Gasteiger partial charge in [-0.25, -0.2) is 0 Å². The third-order valence-electron chi connectivity index (χ3n) is 2.89. The summed E-state index contributed by atoms with van der Waals surface area (Å²) < 4.78 is 11.3. The minimum absolute atomic E-state index is 0.259. The van der Waals surface area contributed by atoms with Crippen molar-refractivity contribution >= 4 is 8.32 Å². The van der Waals surface area contributed by atoms with Gasteiger partial charge in [0.05, 0.1) is 12.9 Å². The summed E-state index contributed by atoms with van der Waals surface area (Å²) >= 11 is 0. The van der Waals surface area contributed by atoms with E-state index in [0.717, 1.165) is 12.2 Å². The maximum Gasteiger partial charge on any atom is 0.249 e. The van der Waals surface area contributed by atoms with Crippen molar-refractivity contribution in [1.29, 1.82) is 0 Å². The van der Waals surface area contributed by atoms with Crippen molar-refractivity contribution in [2.24, 2.45) is 0 Å². The molecule has 15 heavy (non-hydrogen) atoms. The second-order valence-corrected chi connectivity index (χ2v) is 10.2. The molecule has 0 aromatic carbocycles. The van der Waals surface area contributed by atoms with Crippen LogP contribution < -0.4 is 0 Å². The predicted molar refractivity (Wildman–Crippen MR) is 68.5 cm³/mol. The summed E-state index contributed by atoms with van der Waals surface area (Å²) in [5, 5.41) is 0.259. The first-order valence-electron chi connectivity index (χ1n) is 5.62. The van der Waals surface area contributed by atoms with Crippen molar-refractivity contribution in [3.05, 3.63) is 11.8 Å². The molecule has 90 valence electrons. The number of hydrogen-bond donors (Lipinski definition) is 0. The van der Waals surface area contributed by atoms with E-state index in [1.165, 1.54) is 0 Å². The van der Waals surface area contributed by atoms with Gasteiger partial charge in [-0.1, -0.05) is 20.8 Å². The van der Waals surface area contributed by atoms with Gasteiger partial charge in [-0.2, -0.15) is 0 Å². The van der Waals surface area contributed by atoms with E-state index in [2.05, 4.69) is 33.9 Å². The lowest BCUT2D eigenvalue weighted by Gasteiger charge is -2.35. The highest BCUT2D eigenvalue weighted by Crippen LogP contribution is 2.36. The molecule has 0 unspecified atom stereocenters. The Kier molecular flexibility index (Phi) is 5.60. The van der Waals surface area contributed by atoms with E-state index < -0.39 is 8.32 Å². The zero-order valence-electron chi connectivity index (χ0n) is 11.3. The Morgan fingerprint density at radius 2 is 1.80 bits per heavy atom. The summed E-state index contributed by atoms with van der Waals surface area (Å²) in [5.74, 6) is 0. The first-order chi connectivity index (χ1) is 6.70. The Bertz CT molecular complexity index is 214. The minimum Gasteiger partial charge on any atom is -0.549 e. The van der Waals surface area contributed by atoms with Crippen LogP contribution in [-0.4, -0.2) is 21.5 Å². The molecule has 2 nitrogen and oxygen atoms in total. The van der Waals surface area contributed by atoms with Crippen LogP contribution in [0.25, 0.3) is 0 Å². The first kappa shape index (κ1) is 14.7. The van der Waals surface area contributed by atoms with Gasteiger partial charge >= 0.3 is 0 Å². The van der Waals surface area contributed by atoms with E-state index in [0.29, 0.717) is 6.61 Å². The lowest BCUT2D eigenvalue weighted by molar-refractivity contribution is 0.169. The third kappa shape index (κ3) is 5.38. The zero-order chi connectivity index (χ0) is 12.1. The molecule has 0 heterocycles. The van der Waals surface area contributed by atoms with E-state index in [9.17, 15) is 0 Å². The fraction of sp³-hybridized carbons (Fsp3) is 0.833. The van der Waals surface area contributed by atoms with E-state index >= 15 is 0 Å². The molecule has 3 heteroatoms. The molecule has 0 bridgehead atoms. The van der Waals surface area contributed by atoms with Crippen LogP contribution in [-0.2, 0) is 9.16 Å². The molecule has 0 rings (SSSR count). The number of rotatable bonds is 5. The topological polar surface area (TPSA) is 18.5 Å². The van der Waals surface area contributed by atoms with Crippen LogP contribution in [0.15, 0.2) is 11.8 Å². The Morgan fingerprint density at radius 3 is 2.20 bits per heavy atom. The van der Waals surface area contributed by atoms with Crippen LogP contribution >= 0.6 is 0 Å². The highest BCUT2D eigenvalue weighted by Gasteiger charge is 2.37. The molecule has 0 aromatic heterocycles. The summed E-state index contributed by atoms with van der Waals surface area (Å²) in [7, 11) is -1.64. The van der Waals surface area contributed by atoms with Crippen molar-refractivity contribution < 1.29 is 9.16 Å². The molecule has 0 amide bonds. The van der Waals surface area contributed by atoms with Crippen molar-refractivity contribution in [2.45, 2.75) is 52.8 Å². The molecule has 0 aromatic rings. The van der Waals surface area contributed by atoms with Gasteiger partial charge in [-0.15, -0.1) is 0 Å². The highest BCUT2D eigenvalue weighted by atomic mass is 28.4. The molecular weight excluding hydrogens is 204 g/mol. The van der Waals surface area contributed by atoms with Gasteiger partial charge in [0.1, 0.15) is 0 Å². The Balaban J connectivity index is 4.24. The minimum atomic E-state index is -1.64. The van der Waals surface area contributed by atoms with E-state index in [-0.39, 0.29) is 5.04 Å². The van der Waals surface area contributed by atoms with Gasteiger partial charge in [0.15, 0.2) is 0 Å². The average Bonchev–Trinajstić information content (AvgIpc) is 2.09. The molecule has 0 aliphatic carbocycles. The van der Waals surface area contributed by atoms with Crippen LogP contribution in [0.4, 0.5) is 0 Å². The van der Waals surface area contributed by atoms with E-state index in [4.69, 9.17) is 9.16 Å². The third-order valence-corrected chi connectivity index (χ3v) is 7.21. The Labute approximate surface area is 95.8 Å². The molecule has 0 saturated carbocycles. The second-order valence-electron chi connectivity index (χ2n) is 5.48. The zero-order valence-corrected chi connectivity index (χ0v) is 12.3. The summed E-state index contributed by atoms with van der Waals surface area (Å²) in [4.78, 5) is 0. The largest absolute Gasteiger partial charge is 0.549 e. The SMILES string of the molecule is CCOCC(C)=CO[Si](C)(C)C(C)(C)C. The Morgan fingerprint density at radius 1 is 1.27 bits per heavy atom. The van der Waals surface area contributed by atoms with Gasteiger partial charge in [0.25, 0.3) is 0 Å². The molecule has 0 aliphatic rings. The summed E-state index contributed by atoms with van der Waals surface area (Å²) in [6.45, 7) is 16.7. The Hall–Kier alpha value is -0.283. The van der Waals surface area contributed by atoms with Crippen LogP contribution in [0, 0.1) is 0 Å². The molecule has 0 N–H and O–H groups in total. The second kappa shape index (κ2) is 5.71. The summed E-state index contributed by atoms with van der Waals surface area (Å²) in [6, 6.07) is 0. The standard InChI is InChI=1S/C12H26O2Si/c1-8-13-9-11(2)10-14-15(6,7)12(3,4)5/h10H,8-9H2,1-7H3. The maximum absolute atomic E-state index is 5.95. The van der Waals surface area contributed by atoms with Gasteiger partial charge < -0.3 is 9.16 Å². The van der Waals surface area contributed by atoms with Crippen LogP contribution in [0.3, 0.4) is 0 Å². The number of ether oxygens (including phenoxy) is 1. The molecule has 0 atom stereocenters. The number of hydrogen-bond acceptors (Lipinski definition) is 2. The molecule has 0 fully saturated rings. The first-order valence-corrected chi connectivity index (χ1v) is 8.52. The molecule has 0 aliphatic heterocycles. The van der Waals surface area contributed by atoms with Crippen LogP contribution in [0.5, 0.6) is 0 Å². The lowest BCUT2D eigenvalue weighted by atomic mass is 10.2. The quantitative estimate of drug-likeness (QED) is 0.526. The lowest BCUT2D eigenvalue weighted by Crippen LogP contribution is -2.39. The molecule has 0 radical (unpaired) electrons. The van der Waals surface area contributed by atoms with E-state index in [1.54, 1.807) is 0 Å². The summed E-state index contributed by atoms with van der Waals surface area (Å²) in [6.07, 6.45) is 1.88. The molecule has 0 saturated heterocycles. The average molecular weight is 230 g/mol. The van der Waals surface area contributed by atoms with Crippen molar-refractivity contribution in [3.63, 3.8) is 0 Å². The van der Waals surface area contributed by atoms with Crippen LogP contribution in [0.2, 0.25) is 18.1 Å². The normalized spacial score (nSPS) is 14.2. The van der Waals surface area contributed by atoms with Crippen molar-refractivity contribution in [1.82, 2.24) is 0 Å². The highest BCUT2D eigenvalue weighted by molar-refractivity contribution is 6.74. The van der Waals surface area contributed by atoms with Crippen molar-refractivity contribution in [2.75, 3.05) is 13.2 Å². The van der Waals surface area contributed by atoms with E-state index in [1.807, 2.05) is 20.1 Å². The molecular formula is C12H26O2Si. The van der Waals surface area contributed by atoms with Gasteiger partial charge in [0.2, 0.25) is 8.32 Å². The molecule has 0 spiro atoms. The van der Waals surface area contributed by atoms with Gasteiger partial charge in [0, 0.05) is 6.61 Å². The fourth-order valence-electron chi connectivity index (χ4n) is 0.722. The monoisotopic (exact) mass is 230 g/mol. The van der Waals surface area contributed by atoms with Gasteiger partial charge in [-0.3, -0.25) is 0 Å². The fourth-order valence-corrected chi connectivity index (χ4v) is 1.57. The maximum atomic E-state index is 5.95. The smallest absolute Gasteiger partial charge is 0.249 e. The summed E-state index contributed by atoms with van der Waals surface area (Å²) in [5.41, 5.74) is 1.15.